The number of carbonyl (C=O) groups excluding carboxylic acids is 1. The molecule has 4 heteroatoms. The van der Waals surface area contributed by atoms with E-state index in [0.29, 0.717) is 0 Å². The maximum absolute atomic E-state index is 12.2. The van der Waals surface area contributed by atoms with Gasteiger partial charge in [-0.15, -0.1) is 0 Å². The highest BCUT2D eigenvalue weighted by Gasteiger charge is 2.29. The van der Waals surface area contributed by atoms with Gasteiger partial charge in [-0.05, 0) is 59.9 Å². The molecular weight excluding hydrogens is 252 g/mol. The number of nitrogens with one attached hydrogen (secondary N) is 1. The first-order chi connectivity index (χ1) is 9.44. The molecule has 1 saturated heterocycles. The molecule has 1 fully saturated rings. The summed E-state index contributed by atoms with van der Waals surface area (Å²) >= 11 is 0. The highest BCUT2D eigenvalue weighted by molar-refractivity contribution is 5.68. The fraction of sp³-hybridized carbons (Fsp3) is 0.812. The molecule has 0 aromatic carbocycles. The Labute approximate surface area is 123 Å². The number of rotatable bonds is 5. The van der Waals surface area contributed by atoms with Crippen molar-refractivity contribution in [2.75, 3.05) is 19.6 Å². The lowest BCUT2D eigenvalue weighted by Crippen LogP contribution is -2.50. The van der Waals surface area contributed by atoms with E-state index in [4.69, 9.17) is 4.74 Å². The summed E-state index contributed by atoms with van der Waals surface area (Å²) in [4.78, 5) is 14.1. The normalized spacial score (nSPS) is 20.4. The third-order valence-electron chi connectivity index (χ3n) is 3.36. The standard InChI is InChI=1S/C16H30N2O2/c1-5-6-8-11-17-13-14-10-7-9-12-18(14)15(19)20-16(2,3)4/h5-6,14,17H,7-13H2,1-4H3/b6-5+. The van der Waals surface area contributed by atoms with Crippen LogP contribution in [0.4, 0.5) is 4.79 Å². The largest absolute Gasteiger partial charge is 0.444 e. The number of piperidine rings is 1. The van der Waals surface area contributed by atoms with E-state index in [1.165, 1.54) is 6.42 Å². The maximum Gasteiger partial charge on any atom is 0.410 e. The number of allylic oxidation sites excluding steroid dienone is 1. The maximum atomic E-state index is 12.2. The van der Waals surface area contributed by atoms with E-state index in [1.54, 1.807) is 0 Å². The van der Waals surface area contributed by atoms with E-state index in [0.717, 1.165) is 38.9 Å². The Balaban J connectivity index is 2.43. The average Bonchev–Trinajstić information content (AvgIpc) is 2.37. The van der Waals surface area contributed by atoms with Crippen LogP contribution in [0.2, 0.25) is 0 Å². The highest BCUT2D eigenvalue weighted by atomic mass is 16.6. The molecule has 0 aromatic rings. The van der Waals surface area contributed by atoms with Crippen LogP contribution in [0.3, 0.4) is 0 Å². The SMILES string of the molecule is C/C=C/CCNCC1CCCCN1C(=O)OC(C)(C)C. The summed E-state index contributed by atoms with van der Waals surface area (Å²) in [5.41, 5.74) is -0.418. The number of amides is 1. The molecule has 0 radical (unpaired) electrons. The third kappa shape index (κ3) is 6.42. The molecule has 4 nitrogen and oxygen atoms in total. The Morgan fingerprint density at radius 2 is 2.15 bits per heavy atom. The second kappa shape index (κ2) is 8.30. The van der Waals surface area contributed by atoms with Crippen LogP contribution in [-0.4, -0.2) is 42.3 Å². The zero-order valence-corrected chi connectivity index (χ0v) is 13.4. The van der Waals surface area contributed by atoms with Gasteiger partial charge in [0.05, 0.1) is 0 Å². The Morgan fingerprint density at radius 3 is 2.80 bits per heavy atom. The van der Waals surface area contributed by atoms with E-state index in [1.807, 2.05) is 32.6 Å². The van der Waals surface area contributed by atoms with Crippen LogP contribution in [0.25, 0.3) is 0 Å². The first kappa shape index (κ1) is 17.0. The molecule has 1 unspecified atom stereocenters. The number of hydrogen-bond donors (Lipinski definition) is 1. The van der Waals surface area contributed by atoms with Crippen molar-refractivity contribution in [3.8, 4) is 0 Å². The van der Waals surface area contributed by atoms with Gasteiger partial charge in [-0.25, -0.2) is 4.79 Å². The summed E-state index contributed by atoms with van der Waals surface area (Å²) in [6.45, 7) is 10.4. The van der Waals surface area contributed by atoms with Gasteiger partial charge in [0.2, 0.25) is 0 Å². The van der Waals surface area contributed by atoms with E-state index < -0.39 is 5.60 Å². The van der Waals surface area contributed by atoms with E-state index >= 15 is 0 Å². The van der Waals surface area contributed by atoms with Crippen LogP contribution in [0.5, 0.6) is 0 Å². The lowest BCUT2D eigenvalue weighted by atomic mass is 10.0. The lowest BCUT2D eigenvalue weighted by Gasteiger charge is -2.36. The number of carbonyl (C=O) groups is 1. The minimum Gasteiger partial charge on any atom is -0.444 e. The minimum atomic E-state index is -0.418. The molecule has 1 amide bonds. The number of nitrogens with zero attached hydrogens (tertiary/aromatic N) is 1. The second-order valence-corrected chi connectivity index (χ2v) is 6.39. The van der Waals surface area contributed by atoms with E-state index in [-0.39, 0.29) is 12.1 Å². The van der Waals surface area contributed by atoms with Crippen LogP contribution >= 0.6 is 0 Å². The van der Waals surface area contributed by atoms with Crippen molar-refractivity contribution in [2.24, 2.45) is 0 Å². The summed E-state index contributed by atoms with van der Waals surface area (Å²) in [6.07, 6.45) is 8.42. The van der Waals surface area contributed by atoms with E-state index in [2.05, 4.69) is 17.5 Å². The van der Waals surface area contributed by atoms with Crippen molar-refractivity contribution in [1.82, 2.24) is 10.2 Å². The topological polar surface area (TPSA) is 41.6 Å². The molecule has 1 aliphatic rings. The van der Waals surface area contributed by atoms with Crippen molar-refractivity contribution >= 4 is 6.09 Å². The Bertz CT molecular complexity index is 321. The van der Waals surface area contributed by atoms with Gasteiger partial charge in [-0.3, -0.25) is 0 Å². The summed E-state index contributed by atoms with van der Waals surface area (Å²) in [7, 11) is 0. The summed E-state index contributed by atoms with van der Waals surface area (Å²) < 4.78 is 5.50. The predicted molar refractivity (Wildman–Crippen MR) is 82.9 cm³/mol. The van der Waals surface area contributed by atoms with Gasteiger partial charge in [0.1, 0.15) is 5.60 Å². The molecule has 0 bridgehead atoms. The molecule has 0 aromatic heterocycles. The quantitative estimate of drug-likeness (QED) is 0.621. The molecule has 1 aliphatic heterocycles. The number of likely N-dealkylation sites (tertiary alicyclic amines) is 1. The molecule has 0 aliphatic carbocycles. The van der Waals surface area contributed by atoms with Crippen LogP contribution in [0.15, 0.2) is 12.2 Å². The Kier molecular flexibility index (Phi) is 7.06. The van der Waals surface area contributed by atoms with Gasteiger partial charge in [0.15, 0.2) is 0 Å². The van der Waals surface area contributed by atoms with Crippen LogP contribution in [0, 0.1) is 0 Å². The first-order valence-corrected chi connectivity index (χ1v) is 7.75. The highest BCUT2D eigenvalue weighted by Crippen LogP contribution is 2.19. The van der Waals surface area contributed by atoms with Gasteiger partial charge in [0.25, 0.3) is 0 Å². The number of ether oxygens (including phenoxy) is 1. The van der Waals surface area contributed by atoms with Gasteiger partial charge in [-0.2, -0.15) is 0 Å². The minimum absolute atomic E-state index is 0.169. The van der Waals surface area contributed by atoms with Gasteiger partial charge in [0, 0.05) is 19.1 Å². The molecule has 0 saturated carbocycles. The third-order valence-corrected chi connectivity index (χ3v) is 3.36. The molecule has 116 valence electrons. The molecule has 1 N–H and O–H groups in total. The smallest absolute Gasteiger partial charge is 0.410 e. The van der Waals surface area contributed by atoms with Gasteiger partial charge in [-0.1, -0.05) is 12.2 Å². The lowest BCUT2D eigenvalue weighted by molar-refractivity contribution is 0.01000. The van der Waals surface area contributed by atoms with Gasteiger partial charge < -0.3 is 15.0 Å². The zero-order chi connectivity index (χ0) is 15.0. The molecular formula is C16H30N2O2. The van der Waals surface area contributed by atoms with Gasteiger partial charge >= 0.3 is 6.09 Å². The summed E-state index contributed by atoms with van der Waals surface area (Å²) in [5, 5.41) is 3.44. The second-order valence-electron chi connectivity index (χ2n) is 6.39. The van der Waals surface area contributed by atoms with Crippen molar-refractivity contribution in [3.05, 3.63) is 12.2 Å². The molecule has 20 heavy (non-hydrogen) atoms. The van der Waals surface area contributed by atoms with Crippen LogP contribution in [-0.2, 0) is 4.74 Å². The monoisotopic (exact) mass is 282 g/mol. The Morgan fingerprint density at radius 1 is 1.40 bits per heavy atom. The summed E-state index contributed by atoms with van der Waals surface area (Å²) in [6, 6.07) is 0.268. The molecule has 1 atom stereocenters. The summed E-state index contributed by atoms with van der Waals surface area (Å²) in [5.74, 6) is 0. The molecule has 1 heterocycles. The Hall–Kier alpha value is -1.03. The first-order valence-electron chi connectivity index (χ1n) is 7.75. The zero-order valence-electron chi connectivity index (χ0n) is 13.4. The van der Waals surface area contributed by atoms with E-state index in [9.17, 15) is 4.79 Å². The molecule has 1 rings (SSSR count). The van der Waals surface area contributed by atoms with Crippen molar-refractivity contribution in [2.45, 2.75) is 65.0 Å². The van der Waals surface area contributed by atoms with Crippen molar-refractivity contribution in [1.29, 1.82) is 0 Å². The molecule has 0 spiro atoms. The fourth-order valence-corrected chi connectivity index (χ4v) is 2.39. The van der Waals surface area contributed by atoms with Crippen molar-refractivity contribution in [3.63, 3.8) is 0 Å². The number of hydrogen-bond acceptors (Lipinski definition) is 3. The van der Waals surface area contributed by atoms with Crippen molar-refractivity contribution < 1.29 is 9.53 Å². The fourth-order valence-electron chi connectivity index (χ4n) is 2.39. The average molecular weight is 282 g/mol. The van der Waals surface area contributed by atoms with Crippen LogP contribution < -0.4 is 5.32 Å². The predicted octanol–water partition coefficient (Wildman–Crippen LogP) is 3.33. The van der Waals surface area contributed by atoms with Crippen LogP contribution in [0.1, 0.15) is 53.4 Å².